The van der Waals surface area contributed by atoms with Crippen LogP contribution in [0.3, 0.4) is 0 Å². The van der Waals surface area contributed by atoms with E-state index in [1.807, 2.05) is 0 Å². The number of carboxylic acid groups (broad SMARTS) is 1. The maximum Gasteiger partial charge on any atom is 0.446 e. The van der Waals surface area contributed by atoms with Gasteiger partial charge in [0, 0.05) is 0 Å². The van der Waals surface area contributed by atoms with Crippen molar-refractivity contribution in [1.82, 2.24) is 5.32 Å². The van der Waals surface area contributed by atoms with Gasteiger partial charge in [-0.25, -0.2) is 4.79 Å². The van der Waals surface area contributed by atoms with Crippen LogP contribution in [0.15, 0.2) is 36.5 Å². The summed E-state index contributed by atoms with van der Waals surface area (Å²) in [6, 6.07) is 5.26. The first kappa shape index (κ1) is 15.7. The summed E-state index contributed by atoms with van der Waals surface area (Å²) in [7, 11) is -4.59. The first-order chi connectivity index (χ1) is 9.17. The van der Waals surface area contributed by atoms with E-state index in [0.717, 1.165) is 0 Å². The topological polar surface area (TPSA) is 130 Å². The van der Waals surface area contributed by atoms with Gasteiger partial charge >= 0.3 is 16.4 Å². The average molecular weight is 301 g/mol. The maximum atomic E-state index is 11.4. The summed E-state index contributed by atoms with van der Waals surface area (Å²) in [5, 5.41) is 10.6. The fourth-order valence-electron chi connectivity index (χ4n) is 1.24. The molecule has 1 amide bonds. The number of nitrogens with one attached hydrogen (secondary N) is 1. The summed E-state index contributed by atoms with van der Waals surface area (Å²) < 4.78 is 33.6. The molecule has 0 spiro atoms. The predicted molar refractivity (Wildman–Crippen MR) is 67.2 cm³/mol. The van der Waals surface area contributed by atoms with Gasteiger partial charge in [0.2, 0.25) is 5.91 Å². The summed E-state index contributed by atoms with van der Waals surface area (Å²) in [5.41, 5.74) is 0.0460. The highest BCUT2D eigenvalue weighted by Gasteiger charge is 2.10. The second-order valence-electron chi connectivity index (χ2n) is 3.66. The van der Waals surface area contributed by atoms with Gasteiger partial charge in [-0.1, -0.05) is 18.7 Å². The van der Waals surface area contributed by atoms with Crippen LogP contribution in [0, 0.1) is 0 Å². The van der Waals surface area contributed by atoms with Crippen LogP contribution in [0.4, 0.5) is 0 Å². The molecule has 0 heterocycles. The summed E-state index contributed by atoms with van der Waals surface area (Å²) in [5.74, 6) is -2.04. The van der Waals surface area contributed by atoms with Gasteiger partial charge in [-0.2, -0.15) is 8.42 Å². The maximum absolute atomic E-state index is 11.4. The van der Waals surface area contributed by atoms with E-state index in [2.05, 4.69) is 16.1 Å². The molecule has 0 saturated carbocycles. The van der Waals surface area contributed by atoms with Crippen LogP contribution in [-0.4, -0.2) is 30.0 Å². The van der Waals surface area contributed by atoms with E-state index in [0.29, 0.717) is 5.56 Å². The second-order valence-corrected chi connectivity index (χ2v) is 4.69. The van der Waals surface area contributed by atoms with Crippen molar-refractivity contribution >= 4 is 22.3 Å². The van der Waals surface area contributed by atoms with Gasteiger partial charge < -0.3 is 14.6 Å². The second kappa shape index (κ2) is 6.17. The van der Waals surface area contributed by atoms with Gasteiger partial charge in [-0.05, 0) is 17.7 Å². The predicted octanol–water partition coefficient (Wildman–Crippen LogP) is 0.125. The van der Waals surface area contributed by atoms with Gasteiger partial charge in [0.1, 0.15) is 11.4 Å². The Labute approximate surface area is 114 Å². The van der Waals surface area contributed by atoms with Crippen LogP contribution in [0.5, 0.6) is 5.75 Å². The van der Waals surface area contributed by atoms with Gasteiger partial charge in [0.05, 0.1) is 6.42 Å². The summed E-state index contributed by atoms with van der Waals surface area (Å²) in [6.45, 7) is 3.14. The van der Waals surface area contributed by atoms with Gasteiger partial charge in [-0.3, -0.25) is 9.35 Å². The molecule has 0 atom stereocenters. The number of rotatable bonds is 6. The van der Waals surface area contributed by atoms with E-state index in [9.17, 15) is 18.0 Å². The highest BCUT2D eigenvalue weighted by molar-refractivity contribution is 7.81. The Hall–Kier alpha value is -2.39. The molecule has 0 aromatic heterocycles. The number of carbonyl (C=O) groups excluding carboxylic acids is 1. The molecule has 0 aliphatic heterocycles. The van der Waals surface area contributed by atoms with Crippen LogP contribution in [0.2, 0.25) is 0 Å². The Morgan fingerprint density at radius 1 is 1.25 bits per heavy atom. The molecule has 0 aliphatic carbocycles. The lowest BCUT2D eigenvalue weighted by molar-refractivity contribution is -0.134. The Bertz CT molecular complexity index is 633. The molecule has 1 aromatic carbocycles. The van der Waals surface area contributed by atoms with E-state index in [4.69, 9.17) is 9.66 Å². The number of hydrogen-bond donors (Lipinski definition) is 3. The molecule has 1 rings (SSSR count). The standard InChI is InChI=1S/C11H11NO7S/c1-7(11(14)15)12-10(13)6-8-2-4-9(5-3-8)19-20(16,17)18/h2-5H,1,6H2,(H,12,13)(H,14,15)(H,16,17,18). The summed E-state index contributed by atoms with van der Waals surface area (Å²) in [6.07, 6.45) is -0.127. The average Bonchev–Trinajstić information content (AvgIpc) is 2.29. The van der Waals surface area contributed by atoms with Crippen molar-refractivity contribution in [3.63, 3.8) is 0 Å². The van der Waals surface area contributed by atoms with Crippen LogP contribution in [-0.2, 0) is 26.4 Å². The fraction of sp³-hybridized carbons (Fsp3) is 0.0909. The molecule has 0 aliphatic rings. The molecule has 0 fully saturated rings. The molecule has 0 unspecified atom stereocenters. The molecule has 3 N–H and O–H groups in total. The van der Waals surface area contributed by atoms with Crippen LogP contribution in [0.25, 0.3) is 0 Å². The third kappa shape index (κ3) is 5.50. The van der Waals surface area contributed by atoms with Crippen LogP contribution < -0.4 is 9.50 Å². The number of hydrogen-bond acceptors (Lipinski definition) is 5. The largest absolute Gasteiger partial charge is 0.477 e. The fourth-order valence-corrected chi connectivity index (χ4v) is 1.59. The SMILES string of the molecule is C=C(NC(=O)Cc1ccc(OS(=O)(=O)O)cc1)C(=O)O. The zero-order valence-electron chi connectivity index (χ0n) is 10.1. The third-order valence-electron chi connectivity index (χ3n) is 2.04. The van der Waals surface area contributed by atoms with Gasteiger partial charge in [0.25, 0.3) is 0 Å². The molecule has 8 nitrogen and oxygen atoms in total. The molecule has 9 heteroatoms. The van der Waals surface area contributed by atoms with Crippen molar-refractivity contribution in [3.05, 3.63) is 42.1 Å². The smallest absolute Gasteiger partial charge is 0.446 e. The van der Waals surface area contributed by atoms with E-state index >= 15 is 0 Å². The first-order valence-electron chi connectivity index (χ1n) is 5.15. The quantitative estimate of drug-likeness (QED) is 0.502. The van der Waals surface area contributed by atoms with Crippen molar-refractivity contribution in [2.45, 2.75) is 6.42 Å². The minimum Gasteiger partial charge on any atom is -0.477 e. The minimum absolute atomic E-state index is 0.119. The van der Waals surface area contributed by atoms with E-state index in [-0.39, 0.29) is 12.2 Å². The third-order valence-corrected chi connectivity index (χ3v) is 2.44. The Kier molecular flexibility index (Phi) is 4.83. The van der Waals surface area contributed by atoms with E-state index < -0.39 is 28.0 Å². The van der Waals surface area contributed by atoms with Crippen LogP contribution in [0.1, 0.15) is 5.56 Å². The highest BCUT2D eigenvalue weighted by Crippen LogP contribution is 2.14. The number of benzene rings is 1. The number of aliphatic carboxylic acids is 1. The van der Waals surface area contributed by atoms with Crippen molar-refractivity contribution in [2.75, 3.05) is 0 Å². The van der Waals surface area contributed by atoms with Gasteiger partial charge in [-0.15, -0.1) is 0 Å². The van der Waals surface area contributed by atoms with E-state index in [1.54, 1.807) is 0 Å². The van der Waals surface area contributed by atoms with Crippen molar-refractivity contribution in [3.8, 4) is 5.75 Å². The highest BCUT2D eigenvalue weighted by atomic mass is 32.3. The molecule has 108 valence electrons. The lowest BCUT2D eigenvalue weighted by Gasteiger charge is -2.05. The Morgan fingerprint density at radius 3 is 2.25 bits per heavy atom. The zero-order chi connectivity index (χ0) is 15.3. The molecule has 0 radical (unpaired) electrons. The minimum atomic E-state index is -4.59. The number of carbonyl (C=O) groups is 2. The Balaban J connectivity index is 2.64. The lowest BCUT2D eigenvalue weighted by Crippen LogP contribution is -2.27. The van der Waals surface area contributed by atoms with Crippen molar-refractivity contribution in [1.29, 1.82) is 0 Å². The molecule has 0 saturated heterocycles. The van der Waals surface area contributed by atoms with Crippen LogP contribution >= 0.6 is 0 Å². The molecular weight excluding hydrogens is 290 g/mol. The van der Waals surface area contributed by atoms with Crippen molar-refractivity contribution in [2.24, 2.45) is 0 Å². The molecule has 1 aromatic rings. The number of carboxylic acids is 1. The normalized spacial score (nSPS) is 10.7. The molecule has 20 heavy (non-hydrogen) atoms. The Morgan fingerprint density at radius 2 is 1.80 bits per heavy atom. The number of amides is 1. The van der Waals surface area contributed by atoms with Crippen molar-refractivity contribution < 1.29 is 31.8 Å². The van der Waals surface area contributed by atoms with E-state index in [1.165, 1.54) is 24.3 Å². The summed E-state index contributed by atoms with van der Waals surface area (Å²) in [4.78, 5) is 21.9. The molecule has 0 bridgehead atoms. The summed E-state index contributed by atoms with van der Waals surface area (Å²) >= 11 is 0. The first-order valence-corrected chi connectivity index (χ1v) is 6.52. The molecular formula is C11H11NO7S. The monoisotopic (exact) mass is 301 g/mol. The lowest BCUT2D eigenvalue weighted by atomic mass is 10.1. The van der Waals surface area contributed by atoms with Gasteiger partial charge in [0.15, 0.2) is 0 Å². The zero-order valence-corrected chi connectivity index (χ0v) is 10.9.